The third-order valence-corrected chi connectivity index (χ3v) is 6.34. The molecule has 2 atom stereocenters. The average Bonchev–Trinajstić information content (AvgIpc) is 2.97. The van der Waals surface area contributed by atoms with Gasteiger partial charge in [-0.25, -0.2) is 0 Å². The van der Waals surface area contributed by atoms with Crippen molar-refractivity contribution in [2.45, 2.75) is 51.2 Å². The number of carbonyl (C=O) groups is 1. The van der Waals surface area contributed by atoms with Gasteiger partial charge in [-0.3, -0.25) is 9.69 Å². The lowest BCUT2D eigenvalue weighted by molar-refractivity contribution is -0.131. The maximum Gasteiger partial charge on any atom is 0.219 e. The first-order valence-corrected chi connectivity index (χ1v) is 10.4. The monoisotopic (exact) mass is 378 g/mol. The highest BCUT2D eigenvalue weighted by Crippen LogP contribution is 2.33. The second-order valence-corrected chi connectivity index (χ2v) is 8.00. The predicted molar refractivity (Wildman–Crippen MR) is 112 cm³/mol. The molecule has 1 amide bonds. The zero-order chi connectivity index (χ0) is 19.5. The van der Waals surface area contributed by atoms with Crippen LogP contribution in [-0.4, -0.2) is 48.0 Å². The largest absolute Gasteiger partial charge is 0.496 e. The Balaban J connectivity index is 1.48. The fourth-order valence-corrected chi connectivity index (χ4v) is 4.93. The molecule has 0 spiro atoms. The highest BCUT2D eigenvalue weighted by molar-refractivity contribution is 5.74. The summed E-state index contributed by atoms with van der Waals surface area (Å²) in [6.07, 6.45) is 4.65. The van der Waals surface area contributed by atoms with E-state index in [2.05, 4.69) is 40.1 Å². The number of ether oxygens (including phenoxy) is 1. The molecule has 2 saturated heterocycles. The van der Waals surface area contributed by atoms with Crippen molar-refractivity contribution in [1.29, 1.82) is 0 Å². The number of para-hydroxylation sites is 1. The molecule has 28 heavy (non-hydrogen) atoms. The van der Waals surface area contributed by atoms with Crippen LogP contribution in [0.25, 0.3) is 11.1 Å². The van der Waals surface area contributed by atoms with Crippen molar-refractivity contribution >= 4 is 5.91 Å². The molecule has 4 nitrogen and oxygen atoms in total. The van der Waals surface area contributed by atoms with Crippen LogP contribution in [-0.2, 0) is 11.3 Å². The van der Waals surface area contributed by atoms with Crippen LogP contribution in [0, 0.1) is 0 Å². The third-order valence-electron chi connectivity index (χ3n) is 6.34. The van der Waals surface area contributed by atoms with Crippen LogP contribution in [0.15, 0.2) is 48.5 Å². The van der Waals surface area contributed by atoms with Crippen molar-refractivity contribution in [1.82, 2.24) is 9.80 Å². The van der Waals surface area contributed by atoms with Crippen molar-refractivity contribution in [2.24, 2.45) is 0 Å². The molecular weight excluding hydrogens is 348 g/mol. The molecule has 2 aliphatic heterocycles. The Labute approximate surface area is 168 Å². The molecule has 0 aliphatic carbocycles. The fraction of sp³-hybridized carbons (Fsp3) is 0.458. The molecule has 4 rings (SSSR count). The van der Waals surface area contributed by atoms with Crippen LogP contribution in [0.5, 0.6) is 5.75 Å². The van der Waals surface area contributed by atoms with Gasteiger partial charge in [-0.05, 0) is 36.5 Å². The van der Waals surface area contributed by atoms with Crippen molar-refractivity contribution in [3.8, 4) is 16.9 Å². The van der Waals surface area contributed by atoms with E-state index in [1.54, 1.807) is 14.0 Å². The molecule has 0 radical (unpaired) electrons. The molecule has 2 aliphatic rings. The highest BCUT2D eigenvalue weighted by atomic mass is 16.5. The van der Waals surface area contributed by atoms with Crippen LogP contribution in [0.2, 0.25) is 0 Å². The molecular formula is C24H30N2O2. The zero-order valence-corrected chi connectivity index (χ0v) is 16.9. The van der Waals surface area contributed by atoms with Crippen LogP contribution in [0.1, 0.15) is 38.2 Å². The first-order valence-electron chi connectivity index (χ1n) is 10.4. The molecule has 0 aromatic heterocycles. The van der Waals surface area contributed by atoms with Crippen LogP contribution >= 0.6 is 0 Å². The maximum absolute atomic E-state index is 12.1. The number of hydrogen-bond donors (Lipinski definition) is 0. The van der Waals surface area contributed by atoms with Crippen LogP contribution in [0.3, 0.4) is 0 Å². The van der Waals surface area contributed by atoms with E-state index < -0.39 is 0 Å². The number of carbonyl (C=O) groups excluding carboxylic acids is 1. The van der Waals surface area contributed by atoms with Gasteiger partial charge in [0.1, 0.15) is 5.75 Å². The number of nitrogens with zero attached hydrogens (tertiary/aromatic N) is 2. The lowest BCUT2D eigenvalue weighted by atomic mass is 10.0. The van der Waals surface area contributed by atoms with Gasteiger partial charge >= 0.3 is 0 Å². The summed E-state index contributed by atoms with van der Waals surface area (Å²) in [7, 11) is 1.72. The first kappa shape index (κ1) is 19.0. The van der Waals surface area contributed by atoms with Crippen molar-refractivity contribution < 1.29 is 9.53 Å². The van der Waals surface area contributed by atoms with E-state index in [1.807, 2.05) is 18.2 Å². The summed E-state index contributed by atoms with van der Waals surface area (Å²) in [5.74, 6) is 1.14. The van der Waals surface area contributed by atoms with E-state index in [9.17, 15) is 4.79 Å². The number of rotatable bonds is 4. The molecule has 0 N–H and O–H groups in total. The first-order chi connectivity index (χ1) is 13.7. The molecule has 4 heteroatoms. The van der Waals surface area contributed by atoms with Gasteiger partial charge in [0.2, 0.25) is 5.91 Å². The second kappa shape index (κ2) is 8.36. The summed E-state index contributed by atoms with van der Waals surface area (Å²) in [6.45, 7) is 4.69. The van der Waals surface area contributed by atoms with Crippen molar-refractivity contribution in [3.63, 3.8) is 0 Å². The summed E-state index contributed by atoms with van der Waals surface area (Å²) in [5, 5.41) is 0. The Hall–Kier alpha value is -2.33. The molecule has 2 aromatic rings. The lowest BCUT2D eigenvalue weighted by Crippen LogP contribution is -2.45. The summed E-state index contributed by atoms with van der Waals surface area (Å²) < 4.78 is 5.50. The highest BCUT2D eigenvalue weighted by Gasteiger charge is 2.39. The van der Waals surface area contributed by atoms with Gasteiger partial charge in [-0.1, -0.05) is 48.9 Å². The van der Waals surface area contributed by atoms with Gasteiger partial charge in [0.05, 0.1) is 7.11 Å². The summed E-state index contributed by atoms with van der Waals surface area (Å²) in [4.78, 5) is 16.8. The minimum atomic E-state index is 0.236. The molecule has 0 bridgehead atoms. The molecule has 0 unspecified atom stereocenters. The van der Waals surface area contributed by atoms with Gasteiger partial charge in [-0.15, -0.1) is 0 Å². The number of likely N-dealkylation sites (tertiary alicyclic amines) is 2. The number of benzene rings is 2. The minimum Gasteiger partial charge on any atom is -0.496 e. The Kier molecular flexibility index (Phi) is 5.67. The van der Waals surface area contributed by atoms with E-state index in [1.165, 1.54) is 24.0 Å². The Morgan fingerprint density at radius 3 is 2.54 bits per heavy atom. The molecule has 148 valence electrons. The topological polar surface area (TPSA) is 32.8 Å². The quantitative estimate of drug-likeness (QED) is 0.793. The van der Waals surface area contributed by atoms with E-state index in [0.717, 1.165) is 43.8 Å². The average molecular weight is 379 g/mol. The standard InChI is InChI=1S/C24H30N2O2/c1-18(27)26-15-6-5-8-22-23(26)14-16-25(22)17-19-10-12-20(13-11-19)21-7-3-4-9-24(21)28-2/h3-4,7,9-13,22-23H,5-6,8,14-17H2,1-2H3/t22-,23-/m1/s1. The second-order valence-electron chi connectivity index (χ2n) is 8.00. The summed E-state index contributed by atoms with van der Waals surface area (Å²) >= 11 is 0. The zero-order valence-electron chi connectivity index (χ0n) is 16.9. The number of hydrogen-bond acceptors (Lipinski definition) is 3. The number of amides is 1. The van der Waals surface area contributed by atoms with E-state index >= 15 is 0 Å². The van der Waals surface area contributed by atoms with Gasteiger partial charge in [0.25, 0.3) is 0 Å². The Morgan fingerprint density at radius 2 is 1.79 bits per heavy atom. The fourth-order valence-electron chi connectivity index (χ4n) is 4.93. The summed E-state index contributed by atoms with van der Waals surface area (Å²) in [6, 6.07) is 17.9. The molecule has 2 heterocycles. The van der Waals surface area contributed by atoms with Crippen LogP contribution in [0.4, 0.5) is 0 Å². The number of methoxy groups -OCH3 is 1. The Bertz CT molecular complexity index is 818. The van der Waals surface area contributed by atoms with E-state index in [4.69, 9.17) is 4.74 Å². The summed E-state index contributed by atoms with van der Waals surface area (Å²) in [5.41, 5.74) is 3.63. The normalized spacial score (nSPS) is 22.6. The lowest BCUT2D eigenvalue weighted by Gasteiger charge is -2.32. The minimum absolute atomic E-state index is 0.236. The van der Waals surface area contributed by atoms with Crippen LogP contribution < -0.4 is 4.74 Å². The molecule has 0 saturated carbocycles. The third kappa shape index (κ3) is 3.79. The van der Waals surface area contributed by atoms with E-state index in [-0.39, 0.29) is 5.91 Å². The number of fused-ring (bicyclic) bond motifs is 1. The van der Waals surface area contributed by atoms with Gasteiger partial charge in [-0.2, -0.15) is 0 Å². The van der Waals surface area contributed by atoms with E-state index in [0.29, 0.717) is 12.1 Å². The smallest absolute Gasteiger partial charge is 0.219 e. The van der Waals surface area contributed by atoms with Gasteiger partial charge < -0.3 is 9.64 Å². The SMILES string of the molecule is COc1ccccc1-c1ccc(CN2CC[C@@H]3[C@H]2CCCCN3C(C)=O)cc1. The molecule has 2 aromatic carbocycles. The predicted octanol–water partition coefficient (Wildman–Crippen LogP) is 4.34. The van der Waals surface area contributed by atoms with Crippen molar-refractivity contribution in [2.75, 3.05) is 20.2 Å². The van der Waals surface area contributed by atoms with Gasteiger partial charge in [0, 0.05) is 44.2 Å². The van der Waals surface area contributed by atoms with Gasteiger partial charge in [0.15, 0.2) is 0 Å². The Morgan fingerprint density at radius 1 is 1.00 bits per heavy atom. The maximum atomic E-state index is 12.1. The van der Waals surface area contributed by atoms with Crippen molar-refractivity contribution in [3.05, 3.63) is 54.1 Å². The molecule has 2 fully saturated rings.